The minimum Gasteiger partial charge on any atom is -0.488 e. The number of aryl methyl sites for hydroxylation is 1. The van der Waals surface area contributed by atoms with E-state index in [1.165, 1.54) is 0 Å². The molecule has 0 fully saturated rings. The molecule has 1 aromatic heterocycles. The minimum atomic E-state index is 0.414. The zero-order chi connectivity index (χ0) is 15.2. The van der Waals surface area contributed by atoms with Crippen molar-refractivity contribution in [3.8, 4) is 11.6 Å². The molecule has 0 atom stereocenters. The molecule has 0 bridgehead atoms. The van der Waals surface area contributed by atoms with Crippen molar-refractivity contribution in [2.45, 2.75) is 20.0 Å². The van der Waals surface area contributed by atoms with Crippen LogP contribution in [0.3, 0.4) is 0 Å². The van der Waals surface area contributed by atoms with E-state index in [1.807, 2.05) is 25.1 Å². The van der Waals surface area contributed by atoms with Gasteiger partial charge in [0.25, 0.3) is 0 Å². The molecule has 0 aliphatic heterocycles. The Kier molecular flexibility index (Phi) is 5.59. The number of ether oxygens (including phenoxy) is 2. The molecule has 2 N–H and O–H groups in total. The van der Waals surface area contributed by atoms with E-state index in [0.717, 1.165) is 33.3 Å². The zero-order valence-electron chi connectivity index (χ0n) is 12.2. The van der Waals surface area contributed by atoms with Gasteiger partial charge in [-0.25, -0.2) is 4.98 Å². The first-order valence-electron chi connectivity index (χ1n) is 6.75. The third-order valence-corrected chi connectivity index (χ3v) is 3.60. The number of nitrogens with zero attached hydrogens (tertiary/aromatic N) is 1. The lowest BCUT2D eigenvalue weighted by molar-refractivity contribution is 0.289. The lowest BCUT2D eigenvalue weighted by atomic mass is 10.1. The average Bonchev–Trinajstić information content (AvgIpc) is 2.47. The van der Waals surface area contributed by atoms with Gasteiger partial charge in [0, 0.05) is 10.7 Å². The summed E-state index contributed by atoms with van der Waals surface area (Å²) in [6, 6.07) is 7.91. The maximum Gasteiger partial charge on any atom is 0.219 e. The lowest BCUT2D eigenvalue weighted by Gasteiger charge is -2.15. The monoisotopic (exact) mass is 350 g/mol. The number of benzene rings is 1. The third kappa shape index (κ3) is 3.95. The molecular formula is C16H19BrN2O2. The summed E-state index contributed by atoms with van der Waals surface area (Å²) in [5.74, 6) is 1.47. The molecule has 0 saturated carbocycles. The van der Waals surface area contributed by atoms with E-state index < -0.39 is 0 Å². The van der Waals surface area contributed by atoms with Crippen molar-refractivity contribution in [2.24, 2.45) is 5.73 Å². The highest BCUT2D eigenvalue weighted by Gasteiger charge is 2.11. The van der Waals surface area contributed by atoms with Gasteiger partial charge in [0.15, 0.2) is 0 Å². The van der Waals surface area contributed by atoms with E-state index in [-0.39, 0.29) is 0 Å². The molecule has 0 unspecified atom stereocenters. The van der Waals surface area contributed by atoms with Crippen molar-refractivity contribution in [1.29, 1.82) is 0 Å². The normalized spacial score (nSPS) is 10.5. The van der Waals surface area contributed by atoms with Gasteiger partial charge >= 0.3 is 0 Å². The highest BCUT2D eigenvalue weighted by molar-refractivity contribution is 9.10. The molecule has 2 rings (SSSR count). The van der Waals surface area contributed by atoms with Gasteiger partial charge in [-0.05, 0) is 55.3 Å². The van der Waals surface area contributed by atoms with Crippen LogP contribution in [0.1, 0.15) is 16.7 Å². The van der Waals surface area contributed by atoms with Crippen molar-refractivity contribution in [3.05, 3.63) is 51.6 Å². The van der Waals surface area contributed by atoms with Crippen LogP contribution < -0.4 is 15.2 Å². The molecular weight excluding hydrogens is 332 g/mol. The smallest absolute Gasteiger partial charge is 0.219 e. The number of methoxy groups -OCH3 is 1. The van der Waals surface area contributed by atoms with Gasteiger partial charge in [-0.2, -0.15) is 0 Å². The van der Waals surface area contributed by atoms with Crippen molar-refractivity contribution in [2.75, 3.05) is 13.7 Å². The van der Waals surface area contributed by atoms with Crippen LogP contribution in [0.25, 0.3) is 0 Å². The van der Waals surface area contributed by atoms with E-state index >= 15 is 0 Å². The molecule has 1 aromatic carbocycles. The Hall–Kier alpha value is -1.59. The fourth-order valence-electron chi connectivity index (χ4n) is 2.21. The average molecular weight is 351 g/mol. The Morgan fingerprint density at radius 1 is 1.29 bits per heavy atom. The van der Waals surface area contributed by atoms with Gasteiger partial charge in [0.1, 0.15) is 12.4 Å². The topological polar surface area (TPSA) is 57.4 Å². The van der Waals surface area contributed by atoms with Crippen molar-refractivity contribution < 1.29 is 9.47 Å². The van der Waals surface area contributed by atoms with Crippen molar-refractivity contribution in [1.82, 2.24) is 4.98 Å². The summed E-state index contributed by atoms with van der Waals surface area (Å²) in [6.07, 6.45) is 2.48. The quantitative estimate of drug-likeness (QED) is 0.868. The standard InChI is InChI=1S/C16H19BrN2O2/c1-11-8-14(17)9-12(5-6-18)15(11)21-10-13-4-3-7-19-16(13)20-2/h3-4,7-9H,5-6,10,18H2,1-2H3. The highest BCUT2D eigenvalue weighted by atomic mass is 79.9. The predicted molar refractivity (Wildman–Crippen MR) is 86.8 cm³/mol. The SMILES string of the molecule is COc1ncccc1COc1c(C)cc(Br)cc1CCN. The molecule has 0 aliphatic rings. The first kappa shape index (κ1) is 15.8. The third-order valence-electron chi connectivity index (χ3n) is 3.15. The summed E-state index contributed by atoms with van der Waals surface area (Å²) in [6.45, 7) is 3.03. The van der Waals surface area contributed by atoms with Gasteiger partial charge in [-0.1, -0.05) is 15.9 Å². The van der Waals surface area contributed by atoms with Gasteiger partial charge in [0.2, 0.25) is 5.88 Å². The summed E-state index contributed by atoms with van der Waals surface area (Å²) in [5.41, 5.74) is 8.78. The molecule has 2 aromatic rings. The summed E-state index contributed by atoms with van der Waals surface area (Å²) in [7, 11) is 1.61. The van der Waals surface area contributed by atoms with Gasteiger partial charge in [0.05, 0.1) is 12.7 Å². The van der Waals surface area contributed by atoms with Crippen LogP contribution >= 0.6 is 15.9 Å². The van der Waals surface area contributed by atoms with E-state index in [1.54, 1.807) is 13.3 Å². The van der Waals surface area contributed by atoms with E-state index in [2.05, 4.69) is 27.0 Å². The fraction of sp³-hybridized carbons (Fsp3) is 0.312. The number of halogens is 1. The Balaban J connectivity index is 2.23. The van der Waals surface area contributed by atoms with E-state index in [0.29, 0.717) is 19.0 Å². The van der Waals surface area contributed by atoms with Crippen LogP contribution in [0.4, 0.5) is 0 Å². The molecule has 0 amide bonds. The largest absolute Gasteiger partial charge is 0.488 e. The molecule has 5 heteroatoms. The predicted octanol–water partition coefficient (Wildman–Crippen LogP) is 3.24. The Bertz CT molecular complexity index is 617. The Morgan fingerprint density at radius 3 is 2.81 bits per heavy atom. The molecule has 21 heavy (non-hydrogen) atoms. The van der Waals surface area contributed by atoms with Crippen molar-refractivity contribution >= 4 is 15.9 Å². The summed E-state index contributed by atoms with van der Waals surface area (Å²) in [4.78, 5) is 4.18. The second-order valence-electron chi connectivity index (χ2n) is 4.71. The highest BCUT2D eigenvalue weighted by Crippen LogP contribution is 2.29. The molecule has 0 aliphatic carbocycles. The molecule has 0 spiro atoms. The van der Waals surface area contributed by atoms with Crippen LogP contribution in [-0.4, -0.2) is 18.6 Å². The molecule has 0 saturated heterocycles. The summed E-state index contributed by atoms with van der Waals surface area (Å²) >= 11 is 3.51. The number of hydrogen-bond acceptors (Lipinski definition) is 4. The molecule has 4 nitrogen and oxygen atoms in total. The van der Waals surface area contributed by atoms with Gasteiger partial charge in [-0.15, -0.1) is 0 Å². The number of pyridine rings is 1. The van der Waals surface area contributed by atoms with Crippen LogP contribution in [0.2, 0.25) is 0 Å². The van der Waals surface area contributed by atoms with Crippen LogP contribution in [0.5, 0.6) is 11.6 Å². The van der Waals surface area contributed by atoms with Crippen LogP contribution in [0.15, 0.2) is 34.9 Å². The number of aromatic nitrogens is 1. The lowest BCUT2D eigenvalue weighted by Crippen LogP contribution is -2.07. The first-order chi connectivity index (χ1) is 10.2. The van der Waals surface area contributed by atoms with Crippen molar-refractivity contribution in [3.63, 3.8) is 0 Å². The Labute approximate surface area is 133 Å². The first-order valence-corrected chi connectivity index (χ1v) is 7.54. The Morgan fingerprint density at radius 2 is 2.10 bits per heavy atom. The zero-order valence-corrected chi connectivity index (χ0v) is 13.8. The van der Waals surface area contributed by atoms with Crippen LogP contribution in [0, 0.1) is 6.92 Å². The number of rotatable bonds is 6. The molecule has 0 radical (unpaired) electrons. The van der Waals surface area contributed by atoms with Gasteiger partial charge < -0.3 is 15.2 Å². The maximum atomic E-state index is 6.01. The van der Waals surface area contributed by atoms with Gasteiger partial charge in [-0.3, -0.25) is 0 Å². The summed E-state index contributed by atoms with van der Waals surface area (Å²) in [5, 5.41) is 0. The second kappa shape index (κ2) is 7.43. The van der Waals surface area contributed by atoms with Crippen LogP contribution in [-0.2, 0) is 13.0 Å². The number of hydrogen-bond donors (Lipinski definition) is 1. The number of nitrogens with two attached hydrogens (primary N) is 1. The molecule has 112 valence electrons. The summed E-state index contributed by atoms with van der Waals surface area (Å²) < 4.78 is 12.3. The minimum absolute atomic E-state index is 0.414. The van der Waals surface area contributed by atoms with E-state index in [9.17, 15) is 0 Å². The maximum absolute atomic E-state index is 6.01. The molecule has 1 heterocycles. The van der Waals surface area contributed by atoms with E-state index in [4.69, 9.17) is 15.2 Å². The second-order valence-corrected chi connectivity index (χ2v) is 5.63. The fourth-order valence-corrected chi connectivity index (χ4v) is 2.83.